The molecule has 0 atom stereocenters. The summed E-state index contributed by atoms with van der Waals surface area (Å²) in [5, 5.41) is 11.0. The number of amides is 1. The summed E-state index contributed by atoms with van der Waals surface area (Å²) in [7, 11) is 0. The van der Waals surface area contributed by atoms with Gasteiger partial charge in [0.15, 0.2) is 0 Å². The van der Waals surface area contributed by atoms with Gasteiger partial charge in [-0.1, -0.05) is 29.8 Å². The van der Waals surface area contributed by atoms with E-state index in [1.165, 1.54) is 16.8 Å². The van der Waals surface area contributed by atoms with Crippen LogP contribution >= 0.6 is 0 Å². The van der Waals surface area contributed by atoms with Crippen LogP contribution in [0.4, 0.5) is 0 Å². The van der Waals surface area contributed by atoms with Crippen molar-refractivity contribution in [1.29, 1.82) is 0 Å². The zero-order chi connectivity index (χ0) is 19.9. The predicted molar refractivity (Wildman–Crippen MR) is 105 cm³/mol. The molecule has 0 unspecified atom stereocenters. The van der Waals surface area contributed by atoms with Crippen LogP contribution in [0.2, 0.25) is 0 Å². The molecule has 0 bridgehead atoms. The van der Waals surface area contributed by atoms with Crippen molar-refractivity contribution in [2.45, 2.75) is 26.4 Å². The van der Waals surface area contributed by atoms with Gasteiger partial charge in [0.05, 0.1) is 5.69 Å². The van der Waals surface area contributed by atoms with E-state index in [1.54, 1.807) is 18.3 Å². The first-order valence-electron chi connectivity index (χ1n) is 8.97. The van der Waals surface area contributed by atoms with Crippen LogP contribution < -0.4 is 16.4 Å². The van der Waals surface area contributed by atoms with Gasteiger partial charge in [0.2, 0.25) is 5.91 Å². The number of carbonyl (C=O) groups is 1. The number of hydrogen-bond acceptors (Lipinski definition) is 5. The summed E-state index contributed by atoms with van der Waals surface area (Å²) < 4.78 is 2.48. The van der Waals surface area contributed by atoms with Crippen molar-refractivity contribution < 1.29 is 4.79 Å². The molecule has 8 heteroatoms. The fourth-order valence-corrected chi connectivity index (χ4v) is 2.64. The maximum absolute atomic E-state index is 12.1. The summed E-state index contributed by atoms with van der Waals surface area (Å²) >= 11 is 0. The maximum Gasteiger partial charge on any atom is 0.267 e. The maximum atomic E-state index is 12.1. The largest absolute Gasteiger partial charge is 0.354 e. The Morgan fingerprint density at radius 1 is 1.00 bits per heavy atom. The van der Waals surface area contributed by atoms with Gasteiger partial charge in [0, 0.05) is 37.0 Å². The van der Waals surface area contributed by atoms with Crippen LogP contribution in [0.1, 0.15) is 12.0 Å². The van der Waals surface area contributed by atoms with E-state index in [0.29, 0.717) is 25.2 Å². The Morgan fingerprint density at radius 2 is 1.75 bits per heavy atom. The number of carbonyl (C=O) groups excluding carboxylic acids is 1. The molecule has 8 nitrogen and oxygen atoms in total. The molecule has 28 heavy (non-hydrogen) atoms. The SMILES string of the molecule is Cc1ccc(-c2ccc(=O)n(CC(=O)NCCCn3ncccc3=O)n2)cc1. The van der Waals surface area contributed by atoms with Gasteiger partial charge >= 0.3 is 0 Å². The number of benzene rings is 1. The molecule has 1 amide bonds. The van der Waals surface area contributed by atoms with Crippen LogP contribution in [-0.4, -0.2) is 32.0 Å². The lowest BCUT2D eigenvalue weighted by Gasteiger charge is -2.09. The molecule has 0 saturated heterocycles. The quantitative estimate of drug-likeness (QED) is 0.617. The van der Waals surface area contributed by atoms with Gasteiger partial charge < -0.3 is 5.32 Å². The Labute approximate surface area is 161 Å². The number of hydrogen-bond donors (Lipinski definition) is 1. The molecule has 0 aliphatic rings. The van der Waals surface area contributed by atoms with E-state index in [4.69, 9.17) is 0 Å². The minimum Gasteiger partial charge on any atom is -0.354 e. The summed E-state index contributed by atoms with van der Waals surface area (Å²) in [5.74, 6) is -0.316. The highest BCUT2D eigenvalue weighted by Crippen LogP contribution is 2.15. The smallest absolute Gasteiger partial charge is 0.267 e. The molecular formula is C20H21N5O3. The summed E-state index contributed by atoms with van der Waals surface area (Å²) in [6.45, 7) is 2.60. The van der Waals surface area contributed by atoms with Crippen molar-refractivity contribution in [2.24, 2.45) is 0 Å². The standard InChI is InChI=1S/C20H21N5O3/c1-15-5-7-16(8-6-15)17-9-10-20(28)25(23-17)14-18(26)21-11-3-13-24-19(27)4-2-12-22-24/h2,4-10,12H,3,11,13-14H2,1H3,(H,21,26). The molecule has 0 fully saturated rings. The molecule has 144 valence electrons. The number of aromatic nitrogens is 4. The second kappa shape index (κ2) is 8.90. The highest BCUT2D eigenvalue weighted by Gasteiger charge is 2.08. The number of nitrogens with zero attached hydrogens (tertiary/aromatic N) is 4. The van der Waals surface area contributed by atoms with Crippen LogP contribution in [0.25, 0.3) is 11.3 Å². The number of nitrogens with one attached hydrogen (secondary N) is 1. The molecule has 1 aromatic carbocycles. The summed E-state index contributed by atoms with van der Waals surface area (Å²) in [6, 6.07) is 13.8. The molecule has 2 aromatic heterocycles. The van der Waals surface area contributed by atoms with Crippen molar-refractivity contribution in [2.75, 3.05) is 6.54 Å². The first-order chi connectivity index (χ1) is 13.5. The number of aryl methyl sites for hydroxylation is 2. The minimum absolute atomic E-state index is 0.165. The third kappa shape index (κ3) is 5.00. The molecule has 0 radical (unpaired) electrons. The fraction of sp³-hybridized carbons (Fsp3) is 0.250. The van der Waals surface area contributed by atoms with Crippen LogP contribution in [0.5, 0.6) is 0 Å². The Bertz CT molecular complexity index is 1070. The molecule has 3 rings (SSSR count). The molecule has 0 saturated carbocycles. The number of rotatable bonds is 7. The van der Waals surface area contributed by atoms with E-state index < -0.39 is 0 Å². The molecule has 3 aromatic rings. The Kier molecular flexibility index (Phi) is 6.11. The van der Waals surface area contributed by atoms with Crippen molar-refractivity contribution in [3.8, 4) is 11.3 Å². The van der Waals surface area contributed by atoms with Crippen molar-refractivity contribution in [3.05, 3.63) is 81.0 Å². The highest BCUT2D eigenvalue weighted by molar-refractivity contribution is 5.75. The van der Waals surface area contributed by atoms with Gasteiger partial charge in [-0.15, -0.1) is 0 Å². The monoisotopic (exact) mass is 379 g/mol. The van der Waals surface area contributed by atoms with E-state index in [0.717, 1.165) is 15.8 Å². The molecule has 0 aliphatic carbocycles. The Balaban J connectivity index is 1.57. The Morgan fingerprint density at radius 3 is 2.50 bits per heavy atom. The molecule has 1 N–H and O–H groups in total. The summed E-state index contributed by atoms with van der Waals surface area (Å²) in [5.41, 5.74) is 2.11. The van der Waals surface area contributed by atoms with Gasteiger partial charge in [-0.25, -0.2) is 9.36 Å². The van der Waals surface area contributed by atoms with Crippen molar-refractivity contribution in [1.82, 2.24) is 24.9 Å². The van der Waals surface area contributed by atoms with E-state index >= 15 is 0 Å². The fourth-order valence-electron chi connectivity index (χ4n) is 2.64. The molecule has 0 spiro atoms. The lowest BCUT2D eigenvalue weighted by atomic mass is 10.1. The van der Waals surface area contributed by atoms with Crippen molar-refractivity contribution >= 4 is 5.91 Å². The minimum atomic E-state index is -0.342. The van der Waals surface area contributed by atoms with E-state index in [9.17, 15) is 14.4 Å². The van der Waals surface area contributed by atoms with Gasteiger partial charge in [-0.3, -0.25) is 14.4 Å². The van der Waals surface area contributed by atoms with Crippen LogP contribution in [0.15, 0.2) is 64.3 Å². The lowest BCUT2D eigenvalue weighted by molar-refractivity contribution is -0.121. The van der Waals surface area contributed by atoms with Gasteiger partial charge in [0.25, 0.3) is 11.1 Å². The highest BCUT2D eigenvalue weighted by atomic mass is 16.2. The predicted octanol–water partition coefficient (Wildman–Crippen LogP) is 0.982. The molecule has 2 heterocycles. The summed E-state index contributed by atoms with van der Waals surface area (Å²) in [4.78, 5) is 35.7. The normalized spacial score (nSPS) is 10.6. The zero-order valence-electron chi connectivity index (χ0n) is 15.5. The van der Waals surface area contributed by atoms with Crippen LogP contribution in [0, 0.1) is 6.92 Å². The van der Waals surface area contributed by atoms with Crippen LogP contribution in [-0.2, 0) is 17.9 Å². The zero-order valence-corrected chi connectivity index (χ0v) is 15.5. The van der Waals surface area contributed by atoms with Gasteiger partial charge in [-0.2, -0.15) is 10.2 Å². The third-order valence-electron chi connectivity index (χ3n) is 4.16. The van der Waals surface area contributed by atoms with Crippen LogP contribution in [0.3, 0.4) is 0 Å². The average Bonchev–Trinajstić information content (AvgIpc) is 2.69. The second-order valence-electron chi connectivity index (χ2n) is 6.37. The average molecular weight is 379 g/mol. The lowest BCUT2D eigenvalue weighted by Crippen LogP contribution is -2.34. The Hall–Kier alpha value is -3.55. The van der Waals surface area contributed by atoms with Gasteiger partial charge in [0.1, 0.15) is 6.54 Å². The molecule has 0 aliphatic heterocycles. The third-order valence-corrected chi connectivity index (χ3v) is 4.16. The summed E-state index contributed by atoms with van der Waals surface area (Å²) in [6.07, 6.45) is 2.09. The second-order valence-corrected chi connectivity index (χ2v) is 6.37. The van der Waals surface area contributed by atoms with E-state index in [1.807, 2.05) is 31.2 Å². The van der Waals surface area contributed by atoms with Gasteiger partial charge in [-0.05, 0) is 25.5 Å². The topological polar surface area (TPSA) is 98.9 Å². The van der Waals surface area contributed by atoms with E-state index in [2.05, 4.69) is 15.5 Å². The molecular weight excluding hydrogens is 358 g/mol. The first kappa shape index (κ1) is 19.2. The first-order valence-corrected chi connectivity index (χ1v) is 8.97. The van der Waals surface area contributed by atoms with E-state index in [-0.39, 0.29) is 23.6 Å². The van der Waals surface area contributed by atoms with Crippen molar-refractivity contribution in [3.63, 3.8) is 0 Å².